The molecular formula is C20H23NO4. The molecule has 1 amide bonds. The average Bonchev–Trinajstić information content (AvgIpc) is 3.38. The summed E-state index contributed by atoms with van der Waals surface area (Å²) in [6.07, 6.45) is 3.78. The van der Waals surface area contributed by atoms with Crippen LogP contribution < -0.4 is 0 Å². The maximum atomic E-state index is 13.1. The van der Waals surface area contributed by atoms with Crippen LogP contribution in [0.5, 0.6) is 0 Å². The Labute approximate surface area is 147 Å². The first-order valence-corrected chi connectivity index (χ1v) is 8.90. The summed E-state index contributed by atoms with van der Waals surface area (Å²) in [6, 6.07) is 13.3. The maximum absolute atomic E-state index is 13.1. The van der Waals surface area contributed by atoms with Gasteiger partial charge >= 0.3 is 0 Å². The van der Waals surface area contributed by atoms with Gasteiger partial charge in [0, 0.05) is 6.54 Å². The second-order valence-corrected chi connectivity index (χ2v) is 6.95. The van der Waals surface area contributed by atoms with E-state index in [9.17, 15) is 9.90 Å². The van der Waals surface area contributed by atoms with Gasteiger partial charge < -0.3 is 19.2 Å². The molecule has 4 atom stereocenters. The van der Waals surface area contributed by atoms with Gasteiger partial charge in [-0.1, -0.05) is 30.3 Å². The van der Waals surface area contributed by atoms with E-state index in [1.165, 1.54) is 6.26 Å². The predicted octanol–water partition coefficient (Wildman–Crippen LogP) is 2.91. The second-order valence-electron chi connectivity index (χ2n) is 6.95. The normalized spacial score (nSPS) is 25.9. The fourth-order valence-electron chi connectivity index (χ4n) is 3.95. The summed E-state index contributed by atoms with van der Waals surface area (Å²) < 4.78 is 11.1. The summed E-state index contributed by atoms with van der Waals surface area (Å²) in [7, 11) is 0. The first kappa shape index (κ1) is 16.4. The third-order valence-electron chi connectivity index (χ3n) is 5.22. The van der Waals surface area contributed by atoms with Crippen LogP contribution in [0.1, 0.15) is 36.7 Å². The minimum Gasteiger partial charge on any atom is -0.467 e. The molecule has 5 nitrogen and oxygen atoms in total. The number of benzene rings is 1. The van der Waals surface area contributed by atoms with Crippen molar-refractivity contribution in [3.05, 3.63) is 60.1 Å². The zero-order valence-electron chi connectivity index (χ0n) is 14.1. The molecule has 5 heteroatoms. The molecule has 0 unspecified atom stereocenters. The molecule has 2 aliphatic rings. The van der Waals surface area contributed by atoms with Crippen molar-refractivity contribution in [3.63, 3.8) is 0 Å². The van der Waals surface area contributed by atoms with Crippen LogP contribution in [-0.4, -0.2) is 34.7 Å². The van der Waals surface area contributed by atoms with Gasteiger partial charge in [0.2, 0.25) is 5.91 Å². The monoisotopic (exact) mass is 341 g/mol. The van der Waals surface area contributed by atoms with Crippen LogP contribution in [0.25, 0.3) is 0 Å². The maximum Gasteiger partial charge on any atom is 0.228 e. The van der Waals surface area contributed by atoms with Gasteiger partial charge in [0.1, 0.15) is 11.9 Å². The molecule has 0 radical (unpaired) electrons. The van der Waals surface area contributed by atoms with Crippen molar-refractivity contribution in [1.82, 2.24) is 4.90 Å². The van der Waals surface area contributed by atoms with Crippen molar-refractivity contribution in [1.29, 1.82) is 0 Å². The van der Waals surface area contributed by atoms with E-state index in [0.717, 1.165) is 24.8 Å². The number of amides is 1. The van der Waals surface area contributed by atoms with E-state index in [1.54, 1.807) is 17.0 Å². The summed E-state index contributed by atoms with van der Waals surface area (Å²) in [5.74, 6) is 0.461. The smallest absolute Gasteiger partial charge is 0.228 e. The number of furan rings is 1. The van der Waals surface area contributed by atoms with Crippen molar-refractivity contribution in [3.8, 4) is 0 Å². The highest BCUT2D eigenvalue weighted by atomic mass is 16.5. The highest BCUT2D eigenvalue weighted by Gasteiger charge is 2.45. The van der Waals surface area contributed by atoms with E-state index in [4.69, 9.17) is 9.15 Å². The number of nitrogens with zero attached hydrogens (tertiary/aromatic N) is 1. The lowest BCUT2D eigenvalue weighted by Gasteiger charge is -2.29. The summed E-state index contributed by atoms with van der Waals surface area (Å²) in [5, 5.41) is 10.5. The number of fused-ring (bicyclic) bond motifs is 2. The van der Waals surface area contributed by atoms with Crippen LogP contribution in [0.15, 0.2) is 53.1 Å². The van der Waals surface area contributed by atoms with E-state index in [1.807, 2.05) is 30.3 Å². The van der Waals surface area contributed by atoms with Crippen LogP contribution in [0.4, 0.5) is 0 Å². The van der Waals surface area contributed by atoms with Gasteiger partial charge in [-0.15, -0.1) is 0 Å². The number of carbonyl (C=O) groups excluding carboxylic acids is 1. The fraction of sp³-hybridized carbons (Fsp3) is 0.450. The molecule has 2 bridgehead atoms. The molecule has 1 N–H and O–H groups in total. The average molecular weight is 341 g/mol. The topological polar surface area (TPSA) is 62.9 Å². The lowest BCUT2D eigenvalue weighted by molar-refractivity contribution is -0.139. The van der Waals surface area contributed by atoms with E-state index >= 15 is 0 Å². The first-order valence-electron chi connectivity index (χ1n) is 8.90. The highest BCUT2D eigenvalue weighted by Crippen LogP contribution is 2.40. The van der Waals surface area contributed by atoms with E-state index < -0.39 is 6.10 Å². The lowest BCUT2D eigenvalue weighted by Crippen LogP contribution is -2.41. The van der Waals surface area contributed by atoms with Gasteiger partial charge in [0.05, 0.1) is 30.9 Å². The van der Waals surface area contributed by atoms with Gasteiger partial charge in [-0.2, -0.15) is 0 Å². The third-order valence-corrected chi connectivity index (χ3v) is 5.22. The Hall–Kier alpha value is -2.11. The van der Waals surface area contributed by atoms with Crippen LogP contribution in [0.3, 0.4) is 0 Å². The molecule has 132 valence electrons. The largest absolute Gasteiger partial charge is 0.467 e. The van der Waals surface area contributed by atoms with E-state index in [-0.39, 0.29) is 30.6 Å². The zero-order valence-corrected chi connectivity index (χ0v) is 14.1. The number of ether oxygens (including phenoxy) is 1. The van der Waals surface area contributed by atoms with Gasteiger partial charge in [-0.3, -0.25) is 4.79 Å². The molecule has 0 aliphatic carbocycles. The molecule has 0 saturated carbocycles. The van der Waals surface area contributed by atoms with E-state index in [0.29, 0.717) is 12.3 Å². The van der Waals surface area contributed by atoms with Crippen LogP contribution in [0.2, 0.25) is 0 Å². The van der Waals surface area contributed by atoms with Gasteiger partial charge in [0.15, 0.2) is 0 Å². The Kier molecular flexibility index (Phi) is 4.59. The number of aliphatic hydroxyl groups excluding tert-OH is 1. The first-order chi connectivity index (χ1) is 12.2. The Bertz CT molecular complexity index is 700. The van der Waals surface area contributed by atoms with Gasteiger partial charge in [0.25, 0.3) is 0 Å². The van der Waals surface area contributed by atoms with Gasteiger partial charge in [-0.05, 0) is 37.0 Å². The van der Waals surface area contributed by atoms with E-state index in [2.05, 4.69) is 0 Å². The minimum atomic E-state index is -0.831. The lowest BCUT2D eigenvalue weighted by atomic mass is 9.88. The van der Waals surface area contributed by atoms with Crippen LogP contribution in [0, 0.1) is 5.92 Å². The fourth-order valence-corrected chi connectivity index (χ4v) is 3.95. The molecule has 3 heterocycles. The summed E-state index contributed by atoms with van der Waals surface area (Å²) in [4.78, 5) is 14.9. The van der Waals surface area contributed by atoms with Crippen LogP contribution in [-0.2, 0) is 16.1 Å². The summed E-state index contributed by atoms with van der Waals surface area (Å²) in [6.45, 7) is 0.695. The number of aliphatic hydroxyl groups is 1. The molecule has 2 aliphatic heterocycles. The molecule has 0 spiro atoms. The SMILES string of the molecule is O=C([C@@H]1C[C@H]2CC[C@H]1O2)N(Cc1ccccc1)C[C@@H](O)c1ccco1. The Balaban J connectivity index is 1.51. The van der Waals surface area contributed by atoms with Crippen molar-refractivity contribution in [2.75, 3.05) is 6.54 Å². The van der Waals surface area contributed by atoms with Crippen LogP contribution >= 0.6 is 0 Å². The number of rotatable bonds is 6. The molecule has 1 aromatic carbocycles. The molecule has 4 rings (SSSR count). The number of hydrogen-bond acceptors (Lipinski definition) is 4. The number of carbonyl (C=O) groups is 1. The quantitative estimate of drug-likeness (QED) is 0.877. The summed E-state index contributed by atoms with van der Waals surface area (Å²) >= 11 is 0. The minimum absolute atomic E-state index is 0.0385. The molecule has 2 saturated heterocycles. The Morgan fingerprint density at radius 2 is 2.04 bits per heavy atom. The molecule has 2 fully saturated rings. The zero-order chi connectivity index (χ0) is 17.2. The predicted molar refractivity (Wildman–Crippen MR) is 91.5 cm³/mol. The van der Waals surface area contributed by atoms with Crippen molar-refractivity contribution in [2.24, 2.45) is 5.92 Å². The number of hydrogen-bond donors (Lipinski definition) is 1. The highest BCUT2D eigenvalue weighted by molar-refractivity contribution is 5.80. The molecule has 25 heavy (non-hydrogen) atoms. The second kappa shape index (κ2) is 7.02. The molecular weight excluding hydrogens is 318 g/mol. The van der Waals surface area contributed by atoms with Gasteiger partial charge in [-0.25, -0.2) is 0 Å². The molecule has 2 aromatic rings. The van der Waals surface area contributed by atoms with Crippen molar-refractivity contribution >= 4 is 5.91 Å². The van der Waals surface area contributed by atoms with Crippen molar-refractivity contribution in [2.45, 2.75) is 44.1 Å². The van der Waals surface area contributed by atoms with Crippen molar-refractivity contribution < 1.29 is 19.1 Å². The Morgan fingerprint density at radius 1 is 1.20 bits per heavy atom. The Morgan fingerprint density at radius 3 is 2.68 bits per heavy atom. The molecule has 1 aromatic heterocycles. The standard InChI is InChI=1S/C20H23NO4/c22-17(19-7-4-10-24-19)13-21(12-14-5-2-1-3-6-14)20(23)16-11-15-8-9-18(16)25-15/h1-7,10,15-18,22H,8-9,11-13H2/t15-,16-,17-,18-/m1/s1. The third kappa shape index (κ3) is 3.48. The summed E-state index contributed by atoms with van der Waals surface area (Å²) in [5.41, 5.74) is 1.05.